The maximum atomic E-state index is 12.3. The van der Waals surface area contributed by atoms with Crippen molar-refractivity contribution in [2.24, 2.45) is 11.0 Å². The minimum absolute atomic E-state index is 0.167. The molecule has 0 saturated carbocycles. The van der Waals surface area contributed by atoms with Gasteiger partial charge in [0, 0.05) is 5.39 Å². The molecule has 0 aliphatic rings. The van der Waals surface area contributed by atoms with E-state index in [0.717, 1.165) is 16.7 Å². The molecule has 0 unspecified atom stereocenters. The second kappa shape index (κ2) is 8.40. The van der Waals surface area contributed by atoms with Crippen LogP contribution in [0.5, 0.6) is 11.5 Å². The zero-order chi connectivity index (χ0) is 19.2. The Hall–Kier alpha value is -3.28. The first-order valence-corrected chi connectivity index (χ1v) is 8.69. The van der Waals surface area contributed by atoms with E-state index in [1.54, 1.807) is 25.5 Å². The van der Waals surface area contributed by atoms with Crippen molar-refractivity contribution in [1.82, 2.24) is 5.43 Å². The number of para-hydroxylation sites is 1. The summed E-state index contributed by atoms with van der Waals surface area (Å²) in [7, 11) is 1.56. The van der Waals surface area contributed by atoms with Gasteiger partial charge in [-0.15, -0.1) is 0 Å². The van der Waals surface area contributed by atoms with Gasteiger partial charge < -0.3 is 13.9 Å². The number of furan rings is 1. The van der Waals surface area contributed by atoms with Crippen LogP contribution in [0.15, 0.2) is 58.0 Å². The molecule has 140 valence electrons. The van der Waals surface area contributed by atoms with E-state index in [0.29, 0.717) is 23.9 Å². The van der Waals surface area contributed by atoms with E-state index in [-0.39, 0.29) is 5.76 Å². The number of ether oxygens (including phenoxy) is 2. The second-order valence-electron chi connectivity index (χ2n) is 6.47. The minimum Gasteiger partial charge on any atom is -0.493 e. The number of hydrogen-bond acceptors (Lipinski definition) is 5. The van der Waals surface area contributed by atoms with E-state index in [9.17, 15) is 4.79 Å². The number of methoxy groups -OCH3 is 1. The van der Waals surface area contributed by atoms with E-state index in [1.807, 2.05) is 36.4 Å². The predicted octanol–water partition coefficient (Wildman–Crippen LogP) is 4.24. The first-order valence-electron chi connectivity index (χ1n) is 8.69. The molecule has 1 aromatic heterocycles. The Labute approximate surface area is 157 Å². The fraction of sp³-hybridized carbons (Fsp3) is 0.238. The van der Waals surface area contributed by atoms with Crippen molar-refractivity contribution in [2.75, 3.05) is 13.7 Å². The van der Waals surface area contributed by atoms with Crippen LogP contribution < -0.4 is 14.9 Å². The summed E-state index contributed by atoms with van der Waals surface area (Å²) in [5, 5.41) is 4.79. The maximum absolute atomic E-state index is 12.3. The quantitative estimate of drug-likeness (QED) is 0.501. The molecule has 1 heterocycles. The van der Waals surface area contributed by atoms with Gasteiger partial charge in [-0.25, -0.2) is 5.43 Å². The van der Waals surface area contributed by atoms with Crippen LogP contribution in [0.3, 0.4) is 0 Å². The number of carbonyl (C=O) groups excluding carboxylic acids is 1. The number of rotatable bonds is 7. The fourth-order valence-corrected chi connectivity index (χ4v) is 2.48. The molecule has 0 saturated heterocycles. The molecular formula is C21H22N2O4. The van der Waals surface area contributed by atoms with E-state index < -0.39 is 5.91 Å². The lowest BCUT2D eigenvalue weighted by molar-refractivity contribution is 0.0929. The summed E-state index contributed by atoms with van der Waals surface area (Å²) >= 11 is 0. The highest BCUT2D eigenvalue weighted by atomic mass is 16.5. The molecule has 1 amide bonds. The molecule has 3 aromatic rings. The van der Waals surface area contributed by atoms with Crippen LogP contribution in [0.2, 0.25) is 0 Å². The van der Waals surface area contributed by atoms with Crippen LogP contribution in [0.1, 0.15) is 30.0 Å². The molecule has 0 radical (unpaired) electrons. The lowest BCUT2D eigenvalue weighted by Gasteiger charge is -2.08. The Morgan fingerprint density at radius 2 is 2.04 bits per heavy atom. The van der Waals surface area contributed by atoms with Gasteiger partial charge in [0.1, 0.15) is 5.75 Å². The predicted molar refractivity (Wildman–Crippen MR) is 105 cm³/mol. The Balaban J connectivity index is 1.66. The first kappa shape index (κ1) is 18.5. The summed E-state index contributed by atoms with van der Waals surface area (Å²) < 4.78 is 16.5. The number of nitrogens with one attached hydrogen (secondary N) is 1. The zero-order valence-corrected chi connectivity index (χ0v) is 15.6. The number of fused-ring (bicyclic) bond motifs is 1. The van der Waals surface area contributed by atoms with Crippen LogP contribution in [0.4, 0.5) is 0 Å². The Morgan fingerprint density at radius 1 is 1.22 bits per heavy atom. The van der Waals surface area contributed by atoms with E-state index in [2.05, 4.69) is 24.4 Å². The molecule has 6 nitrogen and oxygen atoms in total. The molecule has 1 N–H and O–H groups in total. The Morgan fingerprint density at radius 3 is 2.81 bits per heavy atom. The van der Waals surface area contributed by atoms with Crippen LogP contribution in [-0.2, 0) is 0 Å². The smallest absolute Gasteiger partial charge is 0.307 e. The van der Waals surface area contributed by atoms with Crippen LogP contribution in [0.25, 0.3) is 11.0 Å². The SMILES string of the molecule is COc1cccc2cc(C(=O)N/N=C\c3cccc(OCC(C)C)c3)oc12. The monoisotopic (exact) mass is 366 g/mol. The van der Waals surface area contributed by atoms with Crippen molar-refractivity contribution in [1.29, 1.82) is 0 Å². The van der Waals surface area contributed by atoms with Gasteiger partial charge >= 0.3 is 5.91 Å². The average molecular weight is 366 g/mol. The molecule has 27 heavy (non-hydrogen) atoms. The molecule has 0 aliphatic carbocycles. The molecule has 0 fully saturated rings. The van der Waals surface area contributed by atoms with Crippen molar-refractivity contribution < 1.29 is 18.7 Å². The van der Waals surface area contributed by atoms with Gasteiger partial charge in [-0.05, 0) is 35.7 Å². The lowest BCUT2D eigenvalue weighted by atomic mass is 10.2. The van der Waals surface area contributed by atoms with Crippen molar-refractivity contribution in [2.45, 2.75) is 13.8 Å². The number of carbonyl (C=O) groups is 1. The van der Waals surface area contributed by atoms with E-state index in [4.69, 9.17) is 13.9 Å². The van der Waals surface area contributed by atoms with Crippen molar-refractivity contribution in [3.63, 3.8) is 0 Å². The Kier molecular flexibility index (Phi) is 5.76. The molecule has 0 bridgehead atoms. The van der Waals surface area contributed by atoms with Gasteiger partial charge in [-0.2, -0.15) is 5.10 Å². The van der Waals surface area contributed by atoms with Crippen LogP contribution in [-0.4, -0.2) is 25.8 Å². The van der Waals surface area contributed by atoms with Gasteiger partial charge in [0.25, 0.3) is 0 Å². The highest BCUT2D eigenvalue weighted by Gasteiger charge is 2.14. The number of hydrazone groups is 1. The number of nitrogens with zero attached hydrogens (tertiary/aromatic N) is 1. The molecular weight excluding hydrogens is 344 g/mol. The normalized spacial score (nSPS) is 11.3. The summed E-state index contributed by atoms with van der Waals surface area (Å²) in [6.07, 6.45) is 1.56. The van der Waals surface area contributed by atoms with E-state index >= 15 is 0 Å². The number of benzene rings is 2. The van der Waals surface area contributed by atoms with Crippen molar-refractivity contribution >= 4 is 23.1 Å². The molecule has 3 rings (SSSR count). The standard InChI is InChI=1S/C21H22N2O4/c1-14(2)13-26-17-8-4-6-15(10-17)12-22-23-21(24)19-11-16-7-5-9-18(25-3)20(16)27-19/h4-12,14H,13H2,1-3H3,(H,23,24)/b22-12-. The molecule has 6 heteroatoms. The Bertz CT molecular complexity index is 960. The molecule has 0 atom stereocenters. The highest BCUT2D eigenvalue weighted by Crippen LogP contribution is 2.28. The summed E-state index contributed by atoms with van der Waals surface area (Å²) in [6, 6.07) is 14.6. The van der Waals surface area contributed by atoms with Gasteiger partial charge in [0.2, 0.25) is 0 Å². The molecule has 0 spiro atoms. The highest BCUT2D eigenvalue weighted by molar-refractivity contribution is 5.97. The first-order chi connectivity index (χ1) is 13.1. The summed E-state index contributed by atoms with van der Waals surface area (Å²) in [6.45, 7) is 4.83. The number of hydrogen-bond donors (Lipinski definition) is 1. The van der Waals surface area contributed by atoms with Gasteiger partial charge in [-0.3, -0.25) is 4.79 Å². The van der Waals surface area contributed by atoms with Gasteiger partial charge in [0.15, 0.2) is 17.1 Å². The minimum atomic E-state index is -0.434. The van der Waals surface area contributed by atoms with Crippen molar-refractivity contribution in [3.05, 3.63) is 59.9 Å². The van der Waals surface area contributed by atoms with Crippen LogP contribution >= 0.6 is 0 Å². The van der Waals surface area contributed by atoms with E-state index in [1.165, 1.54) is 0 Å². The fourth-order valence-electron chi connectivity index (χ4n) is 2.48. The summed E-state index contributed by atoms with van der Waals surface area (Å²) in [5.41, 5.74) is 3.82. The molecule has 2 aromatic carbocycles. The third-order valence-corrected chi connectivity index (χ3v) is 3.77. The van der Waals surface area contributed by atoms with Crippen molar-refractivity contribution in [3.8, 4) is 11.5 Å². The second-order valence-corrected chi connectivity index (χ2v) is 6.47. The van der Waals surface area contributed by atoms with Crippen LogP contribution in [0, 0.1) is 5.92 Å². The third-order valence-electron chi connectivity index (χ3n) is 3.77. The molecule has 0 aliphatic heterocycles. The average Bonchev–Trinajstić information content (AvgIpc) is 3.11. The van der Waals surface area contributed by atoms with Gasteiger partial charge in [0.05, 0.1) is 19.9 Å². The summed E-state index contributed by atoms with van der Waals surface area (Å²) in [5.74, 6) is 1.53. The summed E-state index contributed by atoms with van der Waals surface area (Å²) in [4.78, 5) is 12.3. The van der Waals surface area contributed by atoms with Gasteiger partial charge in [-0.1, -0.05) is 38.1 Å². The lowest BCUT2D eigenvalue weighted by Crippen LogP contribution is -2.16. The topological polar surface area (TPSA) is 73.1 Å². The largest absolute Gasteiger partial charge is 0.493 e. The number of amides is 1. The maximum Gasteiger partial charge on any atom is 0.307 e. The third kappa shape index (κ3) is 4.67. The zero-order valence-electron chi connectivity index (χ0n) is 15.6.